The number of halogens is 11. The molecule has 1 saturated carbocycles. The maximum Gasteiger partial charge on any atom is 0.472 e. The van der Waals surface area contributed by atoms with Crippen LogP contribution in [0.15, 0.2) is 42.5 Å². The molecular weight excluding hydrogens is 1230 g/mol. The molecule has 2 aliphatic rings. The molecule has 36 heteroatoms. The van der Waals surface area contributed by atoms with Crippen molar-refractivity contribution >= 4 is 79.9 Å². The Balaban J connectivity index is 1.40. The van der Waals surface area contributed by atoms with Crippen LogP contribution >= 0.6 is 19.4 Å². The Morgan fingerprint density at radius 3 is 2.17 bits per heavy atom. The molecule has 4 N–H and O–H groups in total. The number of amides is 3. The highest BCUT2D eigenvalue weighted by Gasteiger charge is 2.68. The fourth-order valence-corrected chi connectivity index (χ4v) is 10.7. The number of nitrogens with one attached hydrogen (secondary N) is 1. The molecule has 22 nitrogen and oxygen atoms in total. The highest BCUT2D eigenvalue weighted by Crippen LogP contribution is 2.68. The molecule has 3 atom stereocenters. The van der Waals surface area contributed by atoms with Gasteiger partial charge in [0.05, 0.1) is 40.3 Å². The second-order valence-corrected chi connectivity index (χ2v) is 25.9. The Hall–Kier alpha value is -6.89. The molecule has 3 amide bonds. The minimum absolute atomic E-state index is 0.0439. The van der Waals surface area contributed by atoms with Gasteiger partial charge in [0, 0.05) is 54.4 Å². The summed E-state index contributed by atoms with van der Waals surface area (Å²) in [5.41, 5.74) is -6.55. The molecule has 3 aromatic heterocycles. The lowest BCUT2D eigenvalue weighted by Gasteiger charge is -2.23. The van der Waals surface area contributed by atoms with Crippen LogP contribution < -0.4 is 9.62 Å². The zero-order valence-electron chi connectivity index (χ0n) is 43.7. The Bertz CT molecular complexity index is 3810. The number of carboxylic acid groups (broad SMARTS) is 1. The summed E-state index contributed by atoms with van der Waals surface area (Å²) in [6.45, 7) is -3.68. The van der Waals surface area contributed by atoms with E-state index in [0.717, 1.165) is 42.7 Å². The van der Waals surface area contributed by atoms with Gasteiger partial charge < -0.3 is 29.8 Å². The fourth-order valence-electron chi connectivity index (χ4n) is 9.14. The molecule has 1 fully saturated rings. The van der Waals surface area contributed by atoms with Crippen molar-refractivity contribution in [1.29, 1.82) is 0 Å². The molecular formula is C48H46ClF10N8O14PS2. The number of ether oxygens (including phenoxy) is 1. The first-order chi connectivity index (χ1) is 38.6. The number of hydrogen-bond donors (Lipinski definition) is 4. The summed E-state index contributed by atoms with van der Waals surface area (Å²) in [6.07, 6.45) is -14.0. The lowest BCUT2D eigenvalue weighted by molar-refractivity contribution is -0.143. The standard InChI is InChI=1S/C48H46ClF10N8O14PS2/c1-45(2,83(3,76)77)13-11-27-7-8-28(39(60-27)33(18-24-16-25(50)19-26(51)17-24)61-34(68)21-65-42-37(41(62-65)48(57,58)59)30-20-31(30)47(42,55)56)29-9-10-32(49)38-40(29)66(22-46(52,53)54)63-43(38)67(84(4,78)79)35(69)6-5-14-64(15-12-36(70)71)44(72)80-23-81-82(73,74)75/h7-10,16-17,19,30-31,33H,5-6,12,14-15,18,20-23H2,1-4H3,(H,61,68)(H,70,71)(H2,73,74,75)/t30-,31+,33-/m0/s1. The van der Waals surface area contributed by atoms with E-state index < -0.39 is 218 Å². The summed E-state index contributed by atoms with van der Waals surface area (Å²) in [4.78, 5) is 75.4. The van der Waals surface area contributed by atoms with E-state index in [1.54, 1.807) is 0 Å². The SMILES string of the molecule is CC(C)(C#Cc1ccc(-c2ccc(Cl)c3c(N(C(=O)CCCN(CCC(=O)O)C(=O)OCOP(=O)(O)O)S(C)(=O)=O)nn(CC(F)(F)F)c23)c([C@H](Cc2cc(F)cc(F)c2)NC(=O)Cn2nc(C(F)(F)F)c3c2C(F)(F)[C@@H]2C[C@H]32)n1)S(C)(=O)=O. The number of carbonyl (C=O) groups excluding carboxylic acids is 3. The number of sulfonamides is 1. The van der Waals surface area contributed by atoms with Crippen LogP contribution in [0, 0.1) is 29.4 Å². The number of pyridine rings is 1. The number of benzene rings is 2. The number of carboxylic acids is 1. The molecule has 0 unspecified atom stereocenters. The molecule has 2 aromatic carbocycles. The quantitative estimate of drug-likeness (QED) is 0.0242. The Labute approximate surface area is 474 Å². The van der Waals surface area contributed by atoms with E-state index in [1.807, 2.05) is 0 Å². The molecule has 0 bridgehead atoms. The average Bonchev–Trinajstić information content (AvgIpc) is 1.54. The molecule has 5 aromatic rings. The van der Waals surface area contributed by atoms with Gasteiger partial charge in [-0.3, -0.25) is 23.7 Å². The van der Waals surface area contributed by atoms with Crippen LogP contribution in [0.2, 0.25) is 5.02 Å². The van der Waals surface area contributed by atoms with Gasteiger partial charge in [-0.1, -0.05) is 23.6 Å². The fraction of sp³-hybridized carbons (Fsp3) is 0.438. The number of rotatable bonds is 21. The predicted octanol–water partition coefficient (Wildman–Crippen LogP) is 7.34. The molecule has 7 rings (SSSR count). The first kappa shape index (κ1) is 64.7. The third-order valence-corrected chi connectivity index (χ3v) is 16.9. The van der Waals surface area contributed by atoms with Crippen LogP contribution in [0.5, 0.6) is 0 Å². The number of carbonyl (C=O) groups is 4. The maximum absolute atomic E-state index is 15.7. The molecule has 0 spiro atoms. The normalized spacial score (nSPS) is 16.3. The van der Waals surface area contributed by atoms with Gasteiger partial charge in [-0.15, -0.1) is 0 Å². The zero-order chi connectivity index (χ0) is 62.6. The summed E-state index contributed by atoms with van der Waals surface area (Å²) in [6, 6.07) is 4.26. The first-order valence-corrected chi connectivity index (χ1v) is 29.9. The van der Waals surface area contributed by atoms with Crippen molar-refractivity contribution in [2.45, 2.75) is 94.0 Å². The second-order valence-electron chi connectivity index (χ2n) is 19.8. The maximum atomic E-state index is 15.7. The smallest absolute Gasteiger partial charge is 0.472 e. The van der Waals surface area contributed by atoms with Crippen LogP contribution in [0.4, 0.5) is 54.5 Å². The second kappa shape index (κ2) is 23.5. The number of aliphatic carboxylic acids is 1. The Morgan fingerprint density at radius 1 is 0.940 bits per heavy atom. The number of sulfone groups is 1. The van der Waals surface area contributed by atoms with Crippen molar-refractivity contribution in [2.75, 3.05) is 36.7 Å². The van der Waals surface area contributed by atoms with Crippen molar-refractivity contribution in [1.82, 2.24) is 34.8 Å². The number of aromatic nitrogens is 5. The van der Waals surface area contributed by atoms with Gasteiger partial charge >= 0.3 is 32.2 Å². The first-order valence-electron chi connectivity index (χ1n) is 24.2. The van der Waals surface area contributed by atoms with Crippen LogP contribution in [0.25, 0.3) is 22.0 Å². The van der Waals surface area contributed by atoms with Gasteiger partial charge in [0.1, 0.15) is 40.9 Å². The lowest BCUT2D eigenvalue weighted by Crippen LogP contribution is -2.38. The summed E-state index contributed by atoms with van der Waals surface area (Å²) in [5.74, 6) is -9.44. The monoisotopic (exact) mass is 1280 g/mol. The molecule has 0 radical (unpaired) electrons. The summed E-state index contributed by atoms with van der Waals surface area (Å²) < 4.78 is 219. The van der Waals surface area contributed by atoms with E-state index in [-0.39, 0.29) is 31.3 Å². The Kier molecular flexibility index (Phi) is 18.1. The lowest BCUT2D eigenvalue weighted by atomic mass is 9.93. The zero-order valence-corrected chi connectivity index (χ0v) is 47.0. The van der Waals surface area contributed by atoms with Crippen LogP contribution in [-0.4, -0.2) is 128 Å². The van der Waals surface area contributed by atoms with E-state index in [2.05, 4.69) is 41.6 Å². The van der Waals surface area contributed by atoms with Gasteiger partial charge in [0.25, 0.3) is 5.92 Å². The number of phosphoric ester groups is 1. The topological polar surface area (TPSA) is 300 Å². The van der Waals surface area contributed by atoms with Gasteiger partial charge in [0.15, 0.2) is 21.3 Å². The number of phosphoric acid groups is 1. The summed E-state index contributed by atoms with van der Waals surface area (Å²) in [5, 5.41) is 17.6. The average molecular weight is 1280 g/mol. The number of nitrogens with zero attached hydrogens (tertiary/aromatic N) is 7. The summed E-state index contributed by atoms with van der Waals surface area (Å²) in [7, 11) is -14.2. The minimum Gasteiger partial charge on any atom is -0.481 e. The molecule has 3 heterocycles. The van der Waals surface area contributed by atoms with E-state index in [0.29, 0.717) is 17.2 Å². The van der Waals surface area contributed by atoms with Crippen LogP contribution in [0.3, 0.4) is 0 Å². The van der Waals surface area contributed by atoms with Crippen molar-refractivity contribution < 1.29 is 109 Å². The van der Waals surface area contributed by atoms with E-state index in [1.165, 1.54) is 13.8 Å². The molecule has 456 valence electrons. The molecule has 84 heavy (non-hydrogen) atoms. The van der Waals surface area contributed by atoms with Crippen molar-refractivity contribution in [2.24, 2.45) is 5.92 Å². The van der Waals surface area contributed by atoms with Gasteiger partial charge in [-0.25, -0.2) is 44.5 Å². The van der Waals surface area contributed by atoms with Gasteiger partial charge in [0.2, 0.25) is 28.6 Å². The highest BCUT2D eigenvalue weighted by atomic mass is 35.5. The number of alkyl halides is 8. The summed E-state index contributed by atoms with van der Waals surface area (Å²) >= 11 is 6.67. The largest absolute Gasteiger partial charge is 0.481 e. The molecule has 0 aliphatic heterocycles. The highest BCUT2D eigenvalue weighted by molar-refractivity contribution is 7.93. The van der Waals surface area contributed by atoms with E-state index >= 15 is 8.78 Å². The van der Waals surface area contributed by atoms with E-state index in [9.17, 15) is 80.8 Å². The van der Waals surface area contributed by atoms with E-state index in [4.69, 9.17) is 21.4 Å². The van der Waals surface area contributed by atoms with Crippen LogP contribution in [0.1, 0.15) is 85.4 Å². The number of hydrogen-bond acceptors (Lipinski definition) is 14. The van der Waals surface area contributed by atoms with Crippen molar-refractivity contribution in [3.8, 4) is 23.0 Å². The number of anilines is 1. The van der Waals surface area contributed by atoms with Crippen molar-refractivity contribution in [3.05, 3.63) is 93.0 Å². The minimum atomic E-state index is -5.27. The van der Waals surface area contributed by atoms with Gasteiger partial charge in [-0.05, 0) is 80.8 Å². The number of fused-ring (bicyclic) bond motifs is 4. The van der Waals surface area contributed by atoms with Crippen LogP contribution in [-0.2, 0) is 79.7 Å². The third-order valence-electron chi connectivity index (χ3n) is 13.1. The molecule has 0 saturated heterocycles. The third kappa shape index (κ3) is 14.8. The van der Waals surface area contributed by atoms with Crippen molar-refractivity contribution in [3.63, 3.8) is 0 Å². The Morgan fingerprint density at radius 2 is 1.58 bits per heavy atom. The molecule has 2 aliphatic carbocycles. The predicted molar refractivity (Wildman–Crippen MR) is 273 cm³/mol. The van der Waals surface area contributed by atoms with Gasteiger partial charge in [-0.2, -0.15) is 49.6 Å².